The molecule has 27 heavy (non-hydrogen) atoms. The molecule has 134 valence electrons. The second-order valence-electron chi connectivity index (χ2n) is 6.56. The van der Waals surface area contributed by atoms with Gasteiger partial charge in [-0.15, -0.1) is 0 Å². The third kappa shape index (κ3) is 3.47. The Balaban J connectivity index is 1.56. The van der Waals surface area contributed by atoms with Crippen LogP contribution >= 0.6 is 0 Å². The zero-order valence-electron chi connectivity index (χ0n) is 15.2. The minimum Gasteiger partial charge on any atom is -0.488 e. The van der Waals surface area contributed by atoms with Gasteiger partial charge in [0.25, 0.3) is 0 Å². The first-order valence-corrected chi connectivity index (χ1v) is 8.78. The number of ketones is 1. The molecule has 0 N–H and O–H groups in total. The zero-order chi connectivity index (χ0) is 18.8. The van der Waals surface area contributed by atoms with Gasteiger partial charge in [-0.25, -0.2) is 0 Å². The van der Waals surface area contributed by atoms with Crippen molar-refractivity contribution in [3.05, 3.63) is 94.5 Å². The minimum atomic E-state index is -0.116. The van der Waals surface area contributed by atoms with Crippen molar-refractivity contribution >= 4 is 11.9 Å². The molecule has 1 aliphatic rings. The number of nitrogens with zero attached hydrogens (tertiary/aromatic N) is 1. The van der Waals surface area contributed by atoms with Gasteiger partial charge in [-0.3, -0.25) is 9.78 Å². The average Bonchev–Trinajstić information content (AvgIpc) is 3.00. The van der Waals surface area contributed by atoms with Crippen molar-refractivity contribution in [2.45, 2.75) is 20.5 Å². The third-order valence-corrected chi connectivity index (χ3v) is 4.56. The standard InChI is InChI=1S/C23H19NO3/c1-15-3-5-18(6-4-15)14-26-20-8-7-19-22(25)21(27-23(19)16(20)2)13-17-9-11-24-12-10-17/h3-13H,14H2,1-2H3/b21-13-. The lowest BCUT2D eigenvalue weighted by Crippen LogP contribution is -1.98. The normalized spacial score (nSPS) is 14.1. The van der Waals surface area contributed by atoms with Gasteiger partial charge in [0.2, 0.25) is 5.78 Å². The summed E-state index contributed by atoms with van der Waals surface area (Å²) in [6.07, 6.45) is 5.10. The molecule has 2 heterocycles. The number of carbonyl (C=O) groups is 1. The molecule has 0 spiro atoms. The van der Waals surface area contributed by atoms with Crippen molar-refractivity contribution in [2.75, 3.05) is 0 Å². The van der Waals surface area contributed by atoms with Crippen LogP contribution in [-0.2, 0) is 6.61 Å². The van der Waals surface area contributed by atoms with E-state index in [9.17, 15) is 4.79 Å². The first-order chi connectivity index (χ1) is 13.1. The number of aromatic nitrogens is 1. The van der Waals surface area contributed by atoms with E-state index in [1.54, 1.807) is 24.5 Å². The van der Waals surface area contributed by atoms with Gasteiger partial charge in [-0.05, 0) is 55.3 Å². The first kappa shape index (κ1) is 17.0. The fraction of sp³-hybridized carbons (Fsp3) is 0.130. The number of hydrogen-bond donors (Lipinski definition) is 0. The quantitative estimate of drug-likeness (QED) is 0.624. The number of allylic oxidation sites excluding steroid dienone is 1. The lowest BCUT2D eigenvalue weighted by atomic mass is 10.1. The highest BCUT2D eigenvalue weighted by Gasteiger charge is 2.30. The Morgan fingerprint density at radius 1 is 1.00 bits per heavy atom. The van der Waals surface area contributed by atoms with Crippen LogP contribution in [0.15, 0.2) is 66.7 Å². The van der Waals surface area contributed by atoms with Crippen LogP contribution in [0.5, 0.6) is 11.5 Å². The smallest absolute Gasteiger partial charge is 0.231 e. The lowest BCUT2D eigenvalue weighted by Gasteiger charge is -2.11. The molecule has 1 aromatic heterocycles. The molecule has 4 nitrogen and oxygen atoms in total. The molecule has 0 amide bonds. The van der Waals surface area contributed by atoms with E-state index in [4.69, 9.17) is 9.47 Å². The molecule has 0 aliphatic carbocycles. The number of hydrogen-bond acceptors (Lipinski definition) is 4. The molecule has 0 saturated heterocycles. The number of benzene rings is 2. The first-order valence-electron chi connectivity index (χ1n) is 8.78. The summed E-state index contributed by atoms with van der Waals surface area (Å²) in [7, 11) is 0. The minimum absolute atomic E-state index is 0.116. The van der Waals surface area contributed by atoms with Gasteiger partial charge >= 0.3 is 0 Å². The summed E-state index contributed by atoms with van der Waals surface area (Å²) in [6, 6.07) is 15.5. The number of Topliss-reactive ketones (excluding diaryl/α,β-unsaturated/α-hetero) is 1. The van der Waals surface area contributed by atoms with Crippen molar-refractivity contribution in [3.8, 4) is 11.5 Å². The van der Waals surface area contributed by atoms with Crippen LogP contribution in [0.1, 0.15) is 32.6 Å². The molecule has 0 fully saturated rings. The molecule has 0 saturated carbocycles. The second-order valence-corrected chi connectivity index (χ2v) is 6.56. The second kappa shape index (κ2) is 7.08. The summed E-state index contributed by atoms with van der Waals surface area (Å²) >= 11 is 0. The van der Waals surface area contributed by atoms with E-state index in [-0.39, 0.29) is 5.78 Å². The molecule has 0 unspecified atom stereocenters. The van der Waals surface area contributed by atoms with Crippen LogP contribution in [0.25, 0.3) is 6.08 Å². The maximum atomic E-state index is 12.6. The van der Waals surface area contributed by atoms with Crippen LogP contribution in [0.2, 0.25) is 0 Å². The Hall–Kier alpha value is -3.40. The molecule has 2 aromatic carbocycles. The Morgan fingerprint density at radius 3 is 2.48 bits per heavy atom. The van der Waals surface area contributed by atoms with E-state index in [2.05, 4.69) is 24.0 Å². The molecular weight excluding hydrogens is 338 g/mol. The predicted molar refractivity (Wildman–Crippen MR) is 104 cm³/mol. The van der Waals surface area contributed by atoms with Crippen LogP contribution in [0.4, 0.5) is 0 Å². The molecule has 0 atom stereocenters. The zero-order valence-corrected chi connectivity index (χ0v) is 15.2. The molecule has 0 radical (unpaired) electrons. The van der Waals surface area contributed by atoms with Gasteiger partial charge in [0.15, 0.2) is 5.76 Å². The maximum Gasteiger partial charge on any atom is 0.231 e. The van der Waals surface area contributed by atoms with E-state index in [1.807, 2.05) is 37.3 Å². The molecule has 1 aliphatic heterocycles. The molecule has 4 rings (SSSR count). The molecule has 4 heteroatoms. The van der Waals surface area contributed by atoms with Crippen molar-refractivity contribution in [1.29, 1.82) is 0 Å². The van der Waals surface area contributed by atoms with Crippen molar-refractivity contribution in [2.24, 2.45) is 0 Å². The summed E-state index contributed by atoms with van der Waals surface area (Å²) < 4.78 is 11.8. The maximum absolute atomic E-state index is 12.6. The van der Waals surface area contributed by atoms with Gasteiger partial charge < -0.3 is 9.47 Å². The Bertz CT molecular complexity index is 1020. The average molecular weight is 357 g/mol. The number of ether oxygens (including phenoxy) is 2. The highest BCUT2D eigenvalue weighted by molar-refractivity contribution is 6.14. The van der Waals surface area contributed by atoms with E-state index in [1.165, 1.54) is 5.56 Å². The van der Waals surface area contributed by atoms with E-state index >= 15 is 0 Å². The summed E-state index contributed by atoms with van der Waals surface area (Å²) in [5.74, 6) is 1.49. The fourth-order valence-electron chi connectivity index (χ4n) is 2.98. The summed E-state index contributed by atoms with van der Waals surface area (Å²) in [6.45, 7) is 4.43. The van der Waals surface area contributed by atoms with Gasteiger partial charge in [0, 0.05) is 18.0 Å². The Labute approximate surface area is 158 Å². The summed E-state index contributed by atoms with van der Waals surface area (Å²) in [4.78, 5) is 16.6. The lowest BCUT2D eigenvalue weighted by molar-refractivity contribution is 0.101. The SMILES string of the molecule is Cc1ccc(COc2ccc3c(c2C)O/C(=C\c2ccncc2)C3=O)cc1. The van der Waals surface area contributed by atoms with Gasteiger partial charge in [0.1, 0.15) is 18.1 Å². The number of carbonyl (C=O) groups excluding carboxylic acids is 1. The molecule has 0 bridgehead atoms. The topological polar surface area (TPSA) is 48.4 Å². The third-order valence-electron chi connectivity index (χ3n) is 4.56. The summed E-state index contributed by atoms with van der Waals surface area (Å²) in [5.41, 5.74) is 4.57. The van der Waals surface area contributed by atoms with Crippen LogP contribution in [-0.4, -0.2) is 10.8 Å². The Morgan fingerprint density at radius 2 is 1.74 bits per heavy atom. The number of aryl methyl sites for hydroxylation is 1. The highest BCUT2D eigenvalue weighted by atomic mass is 16.5. The monoisotopic (exact) mass is 357 g/mol. The van der Waals surface area contributed by atoms with Gasteiger partial charge in [-0.2, -0.15) is 0 Å². The van der Waals surface area contributed by atoms with Crippen molar-refractivity contribution in [3.63, 3.8) is 0 Å². The van der Waals surface area contributed by atoms with Crippen molar-refractivity contribution < 1.29 is 14.3 Å². The van der Waals surface area contributed by atoms with Crippen molar-refractivity contribution in [1.82, 2.24) is 4.98 Å². The number of rotatable bonds is 4. The van der Waals surface area contributed by atoms with Crippen LogP contribution in [0, 0.1) is 13.8 Å². The van der Waals surface area contributed by atoms with Gasteiger partial charge in [-0.1, -0.05) is 29.8 Å². The largest absolute Gasteiger partial charge is 0.488 e. The van der Waals surface area contributed by atoms with E-state index in [0.29, 0.717) is 29.4 Å². The Kier molecular flexibility index (Phi) is 4.47. The number of pyridine rings is 1. The summed E-state index contributed by atoms with van der Waals surface area (Å²) in [5, 5.41) is 0. The fourth-order valence-corrected chi connectivity index (χ4v) is 2.98. The van der Waals surface area contributed by atoms with E-state index < -0.39 is 0 Å². The molecular formula is C23H19NO3. The van der Waals surface area contributed by atoms with E-state index in [0.717, 1.165) is 16.7 Å². The predicted octanol–water partition coefficient (Wildman–Crippen LogP) is 4.89. The highest BCUT2D eigenvalue weighted by Crippen LogP contribution is 2.39. The number of fused-ring (bicyclic) bond motifs is 1. The molecule has 3 aromatic rings. The van der Waals surface area contributed by atoms with Crippen LogP contribution in [0.3, 0.4) is 0 Å². The van der Waals surface area contributed by atoms with Gasteiger partial charge in [0.05, 0.1) is 5.56 Å². The van der Waals surface area contributed by atoms with Crippen LogP contribution < -0.4 is 9.47 Å².